The summed E-state index contributed by atoms with van der Waals surface area (Å²) in [6.45, 7) is 4.08. The first-order valence-corrected chi connectivity index (χ1v) is 13.3. The Morgan fingerprint density at radius 1 is 1.37 bits per heavy atom. The van der Waals surface area contributed by atoms with Gasteiger partial charge in [0.25, 0.3) is 5.56 Å². The van der Waals surface area contributed by atoms with E-state index in [1.165, 1.54) is 26.0 Å². The number of nitrogens with one attached hydrogen (secondary N) is 2. The minimum Gasteiger partial charge on any atom is -0.465 e. The summed E-state index contributed by atoms with van der Waals surface area (Å²) in [5.74, 6) is -1.42. The van der Waals surface area contributed by atoms with Crippen LogP contribution < -0.4 is 20.9 Å². The van der Waals surface area contributed by atoms with Crippen LogP contribution in [-0.4, -0.2) is 51.7 Å². The first-order chi connectivity index (χ1) is 18.0. The maximum Gasteiger partial charge on any atom is 0.459 e. The number of nitrogens with zero attached hydrogens (tertiary/aromatic N) is 4. The zero-order chi connectivity index (χ0) is 27.9. The van der Waals surface area contributed by atoms with Crippen LogP contribution in [0.1, 0.15) is 33.4 Å². The minimum absolute atomic E-state index is 0.134. The molecule has 3 rings (SSSR count). The Balaban J connectivity index is 1.90. The molecule has 6 atom stereocenters. The highest BCUT2D eigenvalue weighted by atomic mass is 31.2. The van der Waals surface area contributed by atoms with Gasteiger partial charge in [0.15, 0.2) is 5.72 Å². The lowest BCUT2D eigenvalue weighted by Gasteiger charge is -2.30. The normalized spacial score (nSPS) is 25.1. The zero-order valence-electron chi connectivity index (χ0n) is 20.9. The van der Waals surface area contributed by atoms with Crippen molar-refractivity contribution in [1.82, 2.24) is 14.6 Å². The molecule has 0 radical (unpaired) electrons. The zero-order valence-corrected chi connectivity index (χ0v) is 21.8. The molecule has 1 aliphatic heterocycles. The van der Waals surface area contributed by atoms with Crippen molar-refractivity contribution in [2.75, 3.05) is 13.2 Å². The number of para-hydroxylation sites is 1. The summed E-state index contributed by atoms with van der Waals surface area (Å²) < 4.78 is 36.8. The van der Waals surface area contributed by atoms with E-state index in [0.29, 0.717) is 6.42 Å². The molecule has 1 saturated heterocycles. The largest absolute Gasteiger partial charge is 0.465 e. The second-order valence-electron chi connectivity index (χ2n) is 8.56. The highest BCUT2D eigenvalue weighted by Gasteiger charge is 2.55. The van der Waals surface area contributed by atoms with Gasteiger partial charge < -0.3 is 19.1 Å². The lowest BCUT2D eigenvalue weighted by Crippen LogP contribution is -2.44. The van der Waals surface area contributed by atoms with E-state index in [9.17, 15) is 29.6 Å². The molecule has 1 aromatic heterocycles. The number of benzene rings is 1. The van der Waals surface area contributed by atoms with E-state index >= 15 is 0 Å². The second kappa shape index (κ2) is 12.4. The van der Waals surface area contributed by atoms with Gasteiger partial charge in [0.05, 0.1) is 19.3 Å². The molecule has 0 spiro atoms. The van der Waals surface area contributed by atoms with Crippen molar-refractivity contribution in [1.29, 1.82) is 0 Å². The number of azide groups is 1. The van der Waals surface area contributed by atoms with Crippen LogP contribution in [0.5, 0.6) is 5.75 Å². The van der Waals surface area contributed by atoms with Crippen LogP contribution in [-0.2, 0) is 23.4 Å². The molecule has 206 valence electrons. The van der Waals surface area contributed by atoms with Crippen LogP contribution in [0.25, 0.3) is 10.4 Å². The number of carbonyl (C=O) groups is 1. The molecule has 15 nitrogen and oxygen atoms in total. The van der Waals surface area contributed by atoms with E-state index in [-0.39, 0.29) is 12.4 Å². The van der Waals surface area contributed by atoms with Gasteiger partial charge in [-0.2, -0.15) is 5.09 Å². The molecule has 16 heteroatoms. The van der Waals surface area contributed by atoms with Gasteiger partial charge in [0, 0.05) is 23.1 Å². The molecule has 1 aromatic carbocycles. The van der Waals surface area contributed by atoms with Crippen molar-refractivity contribution < 1.29 is 33.0 Å². The van der Waals surface area contributed by atoms with E-state index < -0.39 is 61.6 Å². The molecule has 0 saturated carbocycles. The Morgan fingerprint density at radius 2 is 2.08 bits per heavy atom. The van der Waals surface area contributed by atoms with Crippen LogP contribution >= 0.6 is 7.75 Å². The Kier molecular flexibility index (Phi) is 9.50. The first kappa shape index (κ1) is 29.1. The quantitative estimate of drug-likeness (QED) is 0.115. The van der Waals surface area contributed by atoms with E-state index in [0.717, 1.165) is 16.8 Å². The fraction of sp³-hybridized carbons (Fsp3) is 0.500. The van der Waals surface area contributed by atoms with Crippen LogP contribution in [0, 0.1) is 5.92 Å². The molecule has 1 unspecified atom stereocenters. The molecule has 0 bridgehead atoms. The number of carbonyl (C=O) groups excluding carboxylic acids is 1. The van der Waals surface area contributed by atoms with Gasteiger partial charge in [-0.25, -0.2) is 9.36 Å². The van der Waals surface area contributed by atoms with Crippen LogP contribution in [0.15, 0.2) is 57.3 Å². The van der Waals surface area contributed by atoms with Crippen molar-refractivity contribution in [3.63, 3.8) is 0 Å². The molecule has 1 fully saturated rings. The molecule has 1 aliphatic rings. The highest BCUT2D eigenvalue weighted by Crippen LogP contribution is 2.49. The van der Waals surface area contributed by atoms with Crippen LogP contribution in [0.3, 0.4) is 0 Å². The Labute approximate surface area is 216 Å². The lowest BCUT2D eigenvalue weighted by atomic mass is 9.98. The smallest absolute Gasteiger partial charge is 0.459 e. The SMILES string of the molecule is CCCOC(=O)[C@@H](C)NP(=O)(OC[C@]1(N=[N+]=[N-])O[C@H](n2ccc(=O)[nH]c2=O)[C@H](C)[C@H]1O)Oc1ccccc1. The number of hydrogen-bond acceptors (Lipinski definition) is 10. The van der Waals surface area contributed by atoms with Gasteiger partial charge in [-0.05, 0) is 31.0 Å². The van der Waals surface area contributed by atoms with Crippen LogP contribution in [0.2, 0.25) is 0 Å². The summed E-state index contributed by atoms with van der Waals surface area (Å²) >= 11 is 0. The Morgan fingerprint density at radius 3 is 2.71 bits per heavy atom. The van der Waals surface area contributed by atoms with E-state index in [1.807, 2.05) is 6.92 Å². The van der Waals surface area contributed by atoms with Crippen molar-refractivity contribution in [2.24, 2.45) is 11.0 Å². The van der Waals surface area contributed by atoms with Gasteiger partial charge in [0.1, 0.15) is 18.0 Å². The van der Waals surface area contributed by atoms with E-state index in [4.69, 9.17) is 18.5 Å². The summed E-state index contributed by atoms with van der Waals surface area (Å²) in [4.78, 5) is 40.9. The fourth-order valence-corrected chi connectivity index (χ4v) is 5.22. The van der Waals surface area contributed by atoms with Gasteiger partial charge >= 0.3 is 19.4 Å². The number of H-pyrrole nitrogens is 1. The third kappa shape index (κ3) is 6.70. The Hall–Kier alpha value is -3.45. The number of aromatic amines is 1. The maximum atomic E-state index is 13.8. The number of aromatic nitrogens is 2. The predicted octanol–water partition coefficient (Wildman–Crippen LogP) is 2.20. The minimum atomic E-state index is -4.40. The fourth-order valence-electron chi connectivity index (χ4n) is 3.70. The molecule has 0 aliphatic carbocycles. The number of ether oxygens (including phenoxy) is 2. The third-order valence-electron chi connectivity index (χ3n) is 5.64. The Bertz CT molecular complexity index is 1330. The number of aliphatic hydroxyl groups excluding tert-OH is 1. The summed E-state index contributed by atoms with van der Waals surface area (Å²) in [5.41, 5.74) is 5.61. The summed E-state index contributed by atoms with van der Waals surface area (Å²) in [5, 5.41) is 17.1. The van der Waals surface area contributed by atoms with Crippen molar-refractivity contribution in [3.05, 3.63) is 73.9 Å². The topological polar surface area (TPSA) is 207 Å². The van der Waals surface area contributed by atoms with Gasteiger partial charge in [-0.3, -0.25) is 23.7 Å². The van der Waals surface area contributed by atoms with Crippen molar-refractivity contribution in [2.45, 2.75) is 51.3 Å². The van der Waals surface area contributed by atoms with Gasteiger partial charge in [0.2, 0.25) is 0 Å². The van der Waals surface area contributed by atoms with Crippen LogP contribution in [0.4, 0.5) is 0 Å². The number of rotatable bonds is 12. The van der Waals surface area contributed by atoms with Gasteiger partial charge in [-0.1, -0.05) is 37.2 Å². The third-order valence-corrected chi connectivity index (χ3v) is 7.26. The molecule has 2 aromatic rings. The van der Waals surface area contributed by atoms with E-state index in [2.05, 4.69) is 20.1 Å². The van der Waals surface area contributed by atoms with Crippen molar-refractivity contribution >= 4 is 13.7 Å². The summed E-state index contributed by atoms with van der Waals surface area (Å²) in [6, 6.07) is 7.91. The number of hydrogen-bond donors (Lipinski definition) is 3. The maximum absolute atomic E-state index is 13.8. The van der Waals surface area contributed by atoms with E-state index in [1.54, 1.807) is 18.2 Å². The van der Waals surface area contributed by atoms with Gasteiger partial charge in [-0.15, -0.1) is 0 Å². The first-order valence-electron chi connectivity index (χ1n) is 11.7. The summed E-state index contributed by atoms with van der Waals surface area (Å²) in [6.07, 6.45) is -0.987. The average molecular weight is 552 g/mol. The lowest BCUT2D eigenvalue weighted by molar-refractivity contribution is -0.145. The highest BCUT2D eigenvalue weighted by molar-refractivity contribution is 7.52. The molecular formula is C22H29N6O9P. The number of aliphatic hydroxyl groups is 1. The monoisotopic (exact) mass is 552 g/mol. The second-order valence-corrected chi connectivity index (χ2v) is 10.3. The average Bonchev–Trinajstić information content (AvgIpc) is 3.12. The van der Waals surface area contributed by atoms with Crippen molar-refractivity contribution in [3.8, 4) is 5.75 Å². The molecule has 38 heavy (non-hydrogen) atoms. The molecule has 0 amide bonds. The molecular weight excluding hydrogens is 523 g/mol. The summed E-state index contributed by atoms with van der Waals surface area (Å²) in [7, 11) is -4.40. The predicted molar refractivity (Wildman–Crippen MR) is 133 cm³/mol. The standard InChI is InChI=1S/C22H29N6O9P/c1-4-12-34-20(31)15(3)25-38(33,37-16-8-6-5-7-9-16)35-13-22(26-27-23)18(30)14(2)19(36-22)28-11-10-17(29)24-21(28)32/h5-11,14-15,18-19,30H,4,12-13H2,1-3H3,(H,25,33)(H,24,29,32)/t14-,15-,18-,19+,22+,38?/m1/s1. The molecule has 3 N–H and O–H groups in total. The number of esters is 1. The molecule has 2 heterocycles.